The number of aryl methyl sites for hydroxylation is 1. The molecule has 3 aliphatic heterocycles. The minimum absolute atomic E-state index is 0.0864. The van der Waals surface area contributed by atoms with Crippen LogP contribution in [0.1, 0.15) is 19.2 Å². The Bertz CT molecular complexity index is 1750. The molecule has 3 fully saturated rings. The third-order valence-electron chi connectivity index (χ3n) is 8.75. The zero-order chi connectivity index (χ0) is 32.0. The monoisotopic (exact) mass is 632 g/mol. The summed E-state index contributed by atoms with van der Waals surface area (Å²) >= 11 is 0. The molecule has 2 N–H and O–H groups in total. The highest BCUT2D eigenvalue weighted by Gasteiger charge is 2.50. The molecule has 0 bridgehead atoms. The molecule has 0 amide bonds. The predicted octanol–water partition coefficient (Wildman–Crippen LogP) is 2.88. The summed E-state index contributed by atoms with van der Waals surface area (Å²) in [6, 6.07) is 7.14. The average Bonchev–Trinajstić information content (AvgIpc) is 3.72. The van der Waals surface area contributed by atoms with Gasteiger partial charge in [0.2, 0.25) is 17.7 Å². The number of hydrogen-bond donors (Lipinski definition) is 2. The lowest BCUT2D eigenvalue weighted by Gasteiger charge is -2.53. The highest BCUT2D eigenvalue weighted by Crippen LogP contribution is 2.41. The Kier molecular flexibility index (Phi) is 7.64. The summed E-state index contributed by atoms with van der Waals surface area (Å²) in [4.78, 5) is 41.7. The number of morpholine rings is 1. The van der Waals surface area contributed by atoms with E-state index in [4.69, 9.17) is 18.9 Å². The van der Waals surface area contributed by atoms with Crippen molar-refractivity contribution in [2.45, 2.75) is 44.1 Å². The average molecular weight is 633 g/mol. The normalized spacial score (nSPS) is 22.1. The van der Waals surface area contributed by atoms with Gasteiger partial charge in [0.05, 0.1) is 45.2 Å². The molecule has 7 rings (SSSR count). The quantitative estimate of drug-likeness (QED) is 0.292. The van der Waals surface area contributed by atoms with Gasteiger partial charge >= 0.3 is 5.97 Å². The van der Waals surface area contributed by atoms with E-state index in [0.29, 0.717) is 55.0 Å². The predicted molar refractivity (Wildman–Crippen MR) is 162 cm³/mol. The fourth-order valence-corrected chi connectivity index (χ4v) is 6.19. The van der Waals surface area contributed by atoms with Crippen molar-refractivity contribution < 1.29 is 33.2 Å². The molecular weight excluding hydrogens is 599 g/mol. The van der Waals surface area contributed by atoms with Gasteiger partial charge < -0.3 is 38.8 Å². The molecule has 1 spiro atoms. The molecule has 14 nitrogen and oxygen atoms in total. The largest absolute Gasteiger partial charge is 0.481 e. The molecule has 4 aromatic rings. The second kappa shape index (κ2) is 11.8. The Morgan fingerprint density at radius 3 is 2.74 bits per heavy atom. The first-order valence-corrected chi connectivity index (χ1v) is 15.0. The first-order valence-electron chi connectivity index (χ1n) is 15.0. The van der Waals surface area contributed by atoms with Gasteiger partial charge in [0.15, 0.2) is 5.82 Å². The van der Waals surface area contributed by atoms with E-state index >= 15 is 4.39 Å². The van der Waals surface area contributed by atoms with Gasteiger partial charge in [0.1, 0.15) is 40.8 Å². The number of methoxy groups -OCH3 is 1. The standard InChI is InChI=1S/C31H33FN8O6/c1-17-31(15-44-16-31)45-10-9-39(17)23-11-19(26-21(32)6-7-25(37-26)43-3)13-34-28(23)46-20-12-24(29(41)42)40(14-20)30-36-18(2)35-27(38-30)22-5-4-8-33-22/h4-8,11,13,17,20,24,33H,9-10,12,14-16H2,1-3H3,(H,41,42)/t17-,20-,24-/m0/s1. The number of pyridine rings is 2. The Morgan fingerprint density at radius 1 is 1.17 bits per heavy atom. The maximum absolute atomic E-state index is 15.0. The van der Waals surface area contributed by atoms with Crippen molar-refractivity contribution in [1.29, 1.82) is 0 Å². The third kappa shape index (κ3) is 5.34. The van der Waals surface area contributed by atoms with Gasteiger partial charge in [-0.3, -0.25) is 0 Å². The second-order valence-corrected chi connectivity index (χ2v) is 11.6. The third-order valence-corrected chi connectivity index (χ3v) is 8.75. The van der Waals surface area contributed by atoms with E-state index in [9.17, 15) is 9.90 Å². The van der Waals surface area contributed by atoms with E-state index in [0.717, 1.165) is 0 Å². The number of aromatic amines is 1. The Hall–Kier alpha value is -4.89. The molecule has 0 aliphatic carbocycles. The van der Waals surface area contributed by atoms with E-state index in [2.05, 4.69) is 34.8 Å². The molecule has 4 aromatic heterocycles. The first kappa shape index (κ1) is 29.8. The molecule has 7 heterocycles. The minimum atomic E-state index is -1.03. The van der Waals surface area contributed by atoms with Crippen molar-refractivity contribution >= 4 is 17.6 Å². The Labute approximate surface area is 263 Å². The van der Waals surface area contributed by atoms with Gasteiger partial charge in [-0.1, -0.05) is 0 Å². The van der Waals surface area contributed by atoms with Crippen LogP contribution in [0.15, 0.2) is 42.7 Å². The van der Waals surface area contributed by atoms with Crippen LogP contribution >= 0.6 is 0 Å². The van der Waals surface area contributed by atoms with Crippen LogP contribution in [-0.4, -0.2) is 105 Å². The van der Waals surface area contributed by atoms with E-state index in [-0.39, 0.29) is 42.4 Å². The fraction of sp³-hybridized carbons (Fsp3) is 0.419. The molecule has 0 saturated carbocycles. The van der Waals surface area contributed by atoms with Crippen LogP contribution in [0.4, 0.5) is 16.0 Å². The van der Waals surface area contributed by atoms with Crippen LogP contribution < -0.4 is 19.3 Å². The molecule has 0 unspecified atom stereocenters. The van der Waals surface area contributed by atoms with Crippen LogP contribution in [0, 0.1) is 12.7 Å². The minimum Gasteiger partial charge on any atom is -0.481 e. The van der Waals surface area contributed by atoms with Gasteiger partial charge in [0.25, 0.3) is 0 Å². The van der Waals surface area contributed by atoms with Crippen molar-refractivity contribution in [1.82, 2.24) is 29.9 Å². The molecule has 46 heavy (non-hydrogen) atoms. The highest BCUT2D eigenvalue weighted by atomic mass is 19.1. The van der Waals surface area contributed by atoms with Crippen molar-refractivity contribution in [2.24, 2.45) is 0 Å². The molecule has 0 radical (unpaired) electrons. The molecule has 3 atom stereocenters. The van der Waals surface area contributed by atoms with Crippen molar-refractivity contribution in [2.75, 3.05) is 49.8 Å². The number of rotatable bonds is 8. The topological polar surface area (TPSA) is 161 Å². The number of carboxylic acid groups (broad SMARTS) is 1. The maximum atomic E-state index is 15.0. The lowest BCUT2D eigenvalue weighted by molar-refractivity contribution is -0.228. The van der Waals surface area contributed by atoms with Gasteiger partial charge in [-0.2, -0.15) is 9.97 Å². The molecule has 240 valence electrons. The molecule has 15 heteroatoms. The van der Waals surface area contributed by atoms with Crippen LogP contribution in [0.3, 0.4) is 0 Å². The smallest absolute Gasteiger partial charge is 0.326 e. The molecular formula is C31H33FN8O6. The number of halogens is 1. The maximum Gasteiger partial charge on any atom is 0.326 e. The van der Waals surface area contributed by atoms with E-state index < -0.39 is 29.5 Å². The Morgan fingerprint density at radius 2 is 2.02 bits per heavy atom. The number of H-pyrrole nitrogens is 1. The number of aliphatic carboxylic acids is 1. The number of aromatic nitrogens is 6. The van der Waals surface area contributed by atoms with Gasteiger partial charge in [-0.25, -0.2) is 24.1 Å². The summed E-state index contributed by atoms with van der Waals surface area (Å²) < 4.78 is 38.4. The van der Waals surface area contributed by atoms with Crippen LogP contribution in [0.2, 0.25) is 0 Å². The Balaban J connectivity index is 1.23. The lowest BCUT2D eigenvalue weighted by Crippen LogP contribution is -2.68. The highest BCUT2D eigenvalue weighted by molar-refractivity contribution is 5.78. The van der Waals surface area contributed by atoms with Gasteiger partial charge in [-0.15, -0.1) is 0 Å². The van der Waals surface area contributed by atoms with E-state index in [1.54, 1.807) is 24.1 Å². The number of nitrogens with zero attached hydrogens (tertiary/aromatic N) is 7. The zero-order valence-electron chi connectivity index (χ0n) is 25.5. The number of hydrogen-bond acceptors (Lipinski definition) is 12. The number of carboxylic acids is 1. The van der Waals surface area contributed by atoms with Gasteiger partial charge in [-0.05, 0) is 38.1 Å². The first-order chi connectivity index (χ1) is 22.2. The van der Waals surface area contributed by atoms with E-state index in [1.807, 2.05) is 19.1 Å². The van der Waals surface area contributed by atoms with Crippen molar-refractivity contribution in [3.05, 3.63) is 54.4 Å². The van der Waals surface area contributed by atoms with Gasteiger partial charge in [0, 0.05) is 37.0 Å². The second-order valence-electron chi connectivity index (χ2n) is 11.6. The van der Waals surface area contributed by atoms with Crippen LogP contribution in [-0.2, 0) is 14.3 Å². The lowest BCUT2D eigenvalue weighted by atomic mass is 9.90. The summed E-state index contributed by atoms with van der Waals surface area (Å²) in [5, 5.41) is 10.2. The fourth-order valence-electron chi connectivity index (χ4n) is 6.19. The zero-order valence-corrected chi connectivity index (χ0v) is 25.5. The number of anilines is 2. The van der Waals surface area contributed by atoms with Crippen LogP contribution in [0.5, 0.6) is 11.8 Å². The summed E-state index contributed by atoms with van der Waals surface area (Å²) in [5.41, 5.74) is 1.33. The number of ether oxygens (including phenoxy) is 4. The summed E-state index contributed by atoms with van der Waals surface area (Å²) in [6.07, 6.45) is 2.84. The summed E-state index contributed by atoms with van der Waals surface area (Å²) in [5.74, 6) is 0.108. The number of carbonyl (C=O) groups is 1. The summed E-state index contributed by atoms with van der Waals surface area (Å²) in [7, 11) is 1.47. The molecule has 3 aliphatic rings. The SMILES string of the molecule is COc1ccc(F)c(-c2cnc(O[C@H]3C[C@@H](C(=O)O)N(c4nc(C)nc(-c5ccc[nH]5)n4)C3)c(N3CCOC4(COC4)[C@@H]3C)c2)n1. The molecule has 3 saturated heterocycles. The van der Waals surface area contributed by atoms with Crippen LogP contribution in [0.25, 0.3) is 22.8 Å². The molecule has 0 aromatic carbocycles. The number of nitrogens with one attached hydrogen (secondary N) is 1. The van der Waals surface area contributed by atoms with Crippen molar-refractivity contribution in [3.63, 3.8) is 0 Å². The van der Waals surface area contributed by atoms with E-state index in [1.165, 1.54) is 25.4 Å². The van der Waals surface area contributed by atoms with Crippen molar-refractivity contribution in [3.8, 4) is 34.5 Å². The summed E-state index contributed by atoms with van der Waals surface area (Å²) in [6.45, 7) is 5.85.